The molecule has 2 rings (SSSR count). The summed E-state index contributed by atoms with van der Waals surface area (Å²) in [6, 6.07) is 11.9. The summed E-state index contributed by atoms with van der Waals surface area (Å²) < 4.78 is 24.9. The number of hydrogen-bond acceptors (Lipinski definition) is 5. The number of carboxylic acids is 1. The zero-order valence-electron chi connectivity index (χ0n) is 15.4. The van der Waals surface area contributed by atoms with Crippen LogP contribution in [0, 0.1) is 6.92 Å². The fourth-order valence-corrected chi connectivity index (χ4v) is 3.48. The quantitative estimate of drug-likeness (QED) is 0.629. The average Bonchev–Trinajstić information content (AvgIpc) is 2.68. The van der Waals surface area contributed by atoms with Crippen molar-refractivity contribution in [2.24, 2.45) is 0 Å². The van der Waals surface area contributed by atoms with Crippen molar-refractivity contribution in [1.29, 1.82) is 0 Å². The standard InChI is InChI=1S/C16H17NO4S.C3H4Cl2O/c1-11-3-7-14(8-4-11)22(20,21)15-9-5-13(6-10-15)17-12(2)16(18)19;4-1-3(6)2-5/h3-10,12,17H,1-2H3,(H,18,19);1-2H2/t12-;/m0./s1. The number of carboxylic acid groups (broad SMARTS) is 1. The van der Waals surface area contributed by atoms with Gasteiger partial charge in [-0.2, -0.15) is 0 Å². The Morgan fingerprint density at radius 1 is 0.964 bits per heavy atom. The van der Waals surface area contributed by atoms with E-state index in [0.29, 0.717) is 5.69 Å². The van der Waals surface area contributed by atoms with Gasteiger partial charge < -0.3 is 10.4 Å². The molecule has 0 amide bonds. The van der Waals surface area contributed by atoms with Crippen LogP contribution in [0.5, 0.6) is 0 Å². The first-order valence-corrected chi connectivity index (χ1v) is 10.7. The van der Waals surface area contributed by atoms with E-state index < -0.39 is 21.8 Å². The SMILES string of the molecule is Cc1ccc(S(=O)(=O)c2ccc(N[C@@H](C)C(=O)O)cc2)cc1.O=C(CCl)CCl. The van der Waals surface area contributed by atoms with E-state index in [4.69, 9.17) is 28.3 Å². The first-order valence-electron chi connectivity index (χ1n) is 8.16. The Hall–Kier alpha value is -2.09. The predicted molar refractivity (Wildman–Crippen MR) is 110 cm³/mol. The van der Waals surface area contributed by atoms with Crippen molar-refractivity contribution in [3.8, 4) is 0 Å². The fraction of sp³-hybridized carbons (Fsp3) is 0.263. The first-order chi connectivity index (χ1) is 13.1. The lowest BCUT2D eigenvalue weighted by molar-refractivity contribution is -0.137. The molecule has 0 heterocycles. The van der Waals surface area contributed by atoms with Gasteiger partial charge >= 0.3 is 5.97 Å². The molecule has 2 aromatic rings. The van der Waals surface area contributed by atoms with Gasteiger partial charge in [0.15, 0.2) is 5.78 Å². The molecule has 2 N–H and O–H groups in total. The van der Waals surface area contributed by atoms with Crippen molar-refractivity contribution in [1.82, 2.24) is 0 Å². The van der Waals surface area contributed by atoms with Crippen LogP contribution in [0.1, 0.15) is 12.5 Å². The minimum atomic E-state index is -3.56. The van der Waals surface area contributed by atoms with E-state index in [0.717, 1.165) is 5.56 Å². The number of sulfone groups is 1. The molecular formula is C19H21Cl2NO5S. The summed E-state index contributed by atoms with van der Waals surface area (Å²) in [5, 5.41) is 11.6. The van der Waals surface area contributed by atoms with Gasteiger partial charge in [-0.25, -0.2) is 8.42 Å². The maximum atomic E-state index is 12.5. The molecule has 28 heavy (non-hydrogen) atoms. The van der Waals surface area contributed by atoms with Crippen molar-refractivity contribution < 1.29 is 23.1 Å². The van der Waals surface area contributed by atoms with Crippen LogP contribution in [-0.2, 0) is 19.4 Å². The highest BCUT2D eigenvalue weighted by Gasteiger charge is 2.17. The van der Waals surface area contributed by atoms with Crippen LogP contribution >= 0.6 is 23.2 Å². The molecule has 0 aliphatic heterocycles. The number of alkyl halides is 2. The summed E-state index contributed by atoms with van der Waals surface area (Å²) in [7, 11) is -3.56. The van der Waals surface area contributed by atoms with Gasteiger partial charge in [0.2, 0.25) is 9.84 Å². The summed E-state index contributed by atoms with van der Waals surface area (Å²) in [6.07, 6.45) is 0. The summed E-state index contributed by atoms with van der Waals surface area (Å²) in [5.74, 6) is -1.04. The van der Waals surface area contributed by atoms with Gasteiger partial charge in [0.05, 0.1) is 21.6 Å². The van der Waals surface area contributed by atoms with Crippen LogP contribution in [0.4, 0.5) is 5.69 Å². The molecule has 6 nitrogen and oxygen atoms in total. The van der Waals surface area contributed by atoms with E-state index in [1.807, 2.05) is 6.92 Å². The van der Waals surface area contributed by atoms with Crippen LogP contribution in [0.15, 0.2) is 58.3 Å². The molecule has 0 aliphatic carbocycles. The largest absolute Gasteiger partial charge is 0.480 e. The molecule has 2 aromatic carbocycles. The predicted octanol–water partition coefficient (Wildman–Crippen LogP) is 3.75. The van der Waals surface area contributed by atoms with Gasteiger partial charge in [0.1, 0.15) is 6.04 Å². The van der Waals surface area contributed by atoms with Crippen LogP contribution in [0.3, 0.4) is 0 Å². The number of rotatable bonds is 7. The number of nitrogens with one attached hydrogen (secondary N) is 1. The van der Waals surface area contributed by atoms with Gasteiger partial charge in [-0.15, -0.1) is 23.2 Å². The van der Waals surface area contributed by atoms with Crippen molar-refractivity contribution >= 4 is 50.5 Å². The monoisotopic (exact) mass is 445 g/mol. The number of hydrogen-bond donors (Lipinski definition) is 2. The molecule has 0 aromatic heterocycles. The highest BCUT2D eigenvalue weighted by molar-refractivity contribution is 7.91. The summed E-state index contributed by atoms with van der Waals surface area (Å²) in [6.45, 7) is 3.40. The fourth-order valence-electron chi connectivity index (χ4n) is 1.93. The van der Waals surface area contributed by atoms with E-state index in [1.54, 1.807) is 36.4 Å². The first kappa shape index (κ1) is 23.9. The third-order valence-electron chi connectivity index (χ3n) is 3.55. The molecule has 0 bridgehead atoms. The van der Waals surface area contributed by atoms with Gasteiger partial charge in [-0.1, -0.05) is 17.7 Å². The zero-order valence-corrected chi connectivity index (χ0v) is 17.7. The molecule has 0 saturated heterocycles. The van der Waals surface area contributed by atoms with Crippen LogP contribution in [0.2, 0.25) is 0 Å². The Morgan fingerprint density at radius 3 is 1.75 bits per heavy atom. The van der Waals surface area contributed by atoms with E-state index in [1.165, 1.54) is 19.1 Å². The average molecular weight is 446 g/mol. The molecule has 0 saturated carbocycles. The maximum absolute atomic E-state index is 12.5. The minimum absolute atomic E-state index is 0.0312. The number of carbonyl (C=O) groups excluding carboxylic acids is 1. The Morgan fingerprint density at radius 2 is 1.39 bits per heavy atom. The Labute approximate surface area is 174 Å². The number of Topliss-reactive ketones (excluding diaryl/α,β-unsaturated/α-hetero) is 1. The second-order valence-corrected chi connectivity index (χ2v) is 8.34. The Balaban J connectivity index is 0.000000568. The lowest BCUT2D eigenvalue weighted by Crippen LogP contribution is -2.25. The van der Waals surface area contributed by atoms with E-state index in [-0.39, 0.29) is 27.3 Å². The molecule has 0 aliphatic rings. The molecular weight excluding hydrogens is 425 g/mol. The number of anilines is 1. The highest BCUT2D eigenvalue weighted by atomic mass is 35.5. The van der Waals surface area contributed by atoms with Crippen molar-refractivity contribution in [2.75, 3.05) is 17.1 Å². The van der Waals surface area contributed by atoms with Crippen LogP contribution in [0.25, 0.3) is 0 Å². The normalized spacial score (nSPS) is 11.7. The van der Waals surface area contributed by atoms with E-state index in [9.17, 15) is 18.0 Å². The lowest BCUT2D eigenvalue weighted by Gasteiger charge is -2.11. The molecule has 9 heteroatoms. The third kappa shape index (κ3) is 7.14. The zero-order chi connectivity index (χ0) is 21.3. The number of halogens is 2. The maximum Gasteiger partial charge on any atom is 0.325 e. The highest BCUT2D eigenvalue weighted by Crippen LogP contribution is 2.22. The number of benzene rings is 2. The summed E-state index contributed by atoms with van der Waals surface area (Å²) in [5.41, 5.74) is 1.54. The van der Waals surface area contributed by atoms with Gasteiger partial charge in [-0.3, -0.25) is 9.59 Å². The molecule has 0 fully saturated rings. The molecule has 0 radical (unpaired) electrons. The molecule has 152 valence electrons. The number of aliphatic carboxylic acids is 1. The summed E-state index contributed by atoms with van der Waals surface area (Å²) >= 11 is 10.0. The Kier molecular flexibility index (Phi) is 9.45. The number of carbonyl (C=O) groups is 2. The summed E-state index contributed by atoms with van der Waals surface area (Å²) in [4.78, 5) is 21.1. The third-order valence-corrected chi connectivity index (χ3v) is 5.93. The second-order valence-electron chi connectivity index (χ2n) is 5.85. The van der Waals surface area contributed by atoms with E-state index >= 15 is 0 Å². The minimum Gasteiger partial charge on any atom is -0.480 e. The topological polar surface area (TPSA) is 101 Å². The van der Waals surface area contributed by atoms with Crippen molar-refractivity contribution in [3.05, 3.63) is 54.1 Å². The van der Waals surface area contributed by atoms with Gasteiger partial charge in [0.25, 0.3) is 0 Å². The lowest BCUT2D eigenvalue weighted by atomic mass is 10.2. The smallest absolute Gasteiger partial charge is 0.325 e. The van der Waals surface area contributed by atoms with Crippen LogP contribution < -0.4 is 5.32 Å². The van der Waals surface area contributed by atoms with Gasteiger partial charge in [0, 0.05) is 5.69 Å². The van der Waals surface area contributed by atoms with Crippen LogP contribution in [-0.4, -0.2) is 43.1 Å². The number of aryl methyl sites for hydroxylation is 1. The van der Waals surface area contributed by atoms with Gasteiger partial charge in [-0.05, 0) is 50.2 Å². The van der Waals surface area contributed by atoms with Crippen molar-refractivity contribution in [3.63, 3.8) is 0 Å². The Bertz CT molecular complexity index is 891. The molecule has 1 atom stereocenters. The number of ketones is 1. The molecule has 0 spiro atoms. The molecule has 0 unspecified atom stereocenters. The van der Waals surface area contributed by atoms with E-state index in [2.05, 4.69) is 5.32 Å². The van der Waals surface area contributed by atoms with Crippen molar-refractivity contribution in [2.45, 2.75) is 29.7 Å². The second kappa shape index (κ2) is 11.0.